The minimum absolute atomic E-state index is 0.463. The van der Waals surface area contributed by atoms with Crippen molar-refractivity contribution >= 4 is 16.7 Å². The fraction of sp³-hybridized carbons (Fsp3) is 0.269. The summed E-state index contributed by atoms with van der Waals surface area (Å²) in [5.41, 5.74) is 6.99. The van der Waals surface area contributed by atoms with Crippen LogP contribution in [-0.2, 0) is 0 Å². The first-order valence-corrected chi connectivity index (χ1v) is 10.7. The van der Waals surface area contributed by atoms with Gasteiger partial charge in [0, 0.05) is 53.0 Å². The van der Waals surface area contributed by atoms with E-state index in [0.29, 0.717) is 17.9 Å². The molecule has 0 atom stereocenters. The SMILES string of the molecule is CC/N=c1\cc2oc3cc(NCC)c(C)cc3c(-c3ccccc3C(O)O)c-2cc1C. The van der Waals surface area contributed by atoms with Crippen LogP contribution in [0.4, 0.5) is 5.69 Å². The Morgan fingerprint density at radius 1 is 0.968 bits per heavy atom. The van der Waals surface area contributed by atoms with Gasteiger partial charge in [-0.1, -0.05) is 24.3 Å². The molecule has 5 nitrogen and oxygen atoms in total. The number of rotatable bonds is 5. The van der Waals surface area contributed by atoms with E-state index in [4.69, 9.17) is 4.42 Å². The summed E-state index contributed by atoms with van der Waals surface area (Å²) in [6.45, 7) is 9.67. The Morgan fingerprint density at radius 2 is 1.74 bits per heavy atom. The quantitative estimate of drug-likeness (QED) is 0.310. The van der Waals surface area contributed by atoms with E-state index in [0.717, 1.165) is 56.4 Å². The molecule has 1 aliphatic heterocycles. The van der Waals surface area contributed by atoms with Gasteiger partial charge in [-0.15, -0.1) is 0 Å². The van der Waals surface area contributed by atoms with Crippen LogP contribution in [0.1, 0.15) is 36.8 Å². The topological polar surface area (TPSA) is 78.0 Å². The van der Waals surface area contributed by atoms with Crippen molar-refractivity contribution in [1.29, 1.82) is 0 Å². The molecule has 5 heteroatoms. The van der Waals surface area contributed by atoms with Gasteiger partial charge in [0.25, 0.3) is 0 Å². The number of nitrogens with zero attached hydrogens (tertiary/aromatic N) is 1. The first-order chi connectivity index (χ1) is 14.9. The number of hydrogen-bond donors (Lipinski definition) is 3. The van der Waals surface area contributed by atoms with Gasteiger partial charge in [0.2, 0.25) is 0 Å². The maximum atomic E-state index is 10.1. The molecule has 0 amide bonds. The van der Waals surface area contributed by atoms with Crippen molar-refractivity contribution in [3.05, 3.63) is 70.6 Å². The van der Waals surface area contributed by atoms with Crippen molar-refractivity contribution in [2.75, 3.05) is 18.4 Å². The Kier molecular flexibility index (Phi) is 5.81. The van der Waals surface area contributed by atoms with E-state index in [1.54, 1.807) is 6.07 Å². The van der Waals surface area contributed by atoms with Crippen molar-refractivity contribution in [2.24, 2.45) is 4.99 Å². The smallest absolute Gasteiger partial charge is 0.179 e. The van der Waals surface area contributed by atoms with Crippen molar-refractivity contribution in [1.82, 2.24) is 0 Å². The zero-order chi connectivity index (χ0) is 22.1. The van der Waals surface area contributed by atoms with Crippen LogP contribution in [0.15, 0.2) is 57.9 Å². The van der Waals surface area contributed by atoms with Crippen LogP contribution in [0, 0.1) is 13.8 Å². The van der Waals surface area contributed by atoms with E-state index in [-0.39, 0.29) is 0 Å². The van der Waals surface area contributed by atoms with Gasteiger partial charge in [-0.3, -0.25) is 4.99 Å². The Labute approximate surface area is 182 Å². The second-order valence-electron chi connectivity index (χ2n) is 7.74. The lowest BCUT2D eigenvalue weighted by Gasteiger charge is -2.20. The highest BCUT2D eigenvalue weighted by atomic mass is 16.5. The van der Waals surface area contributed by atoms with Gasteiger partial charge < -0.3 is 19.9 Å². The average molecular weight is 417 g/mol. The third-order valence-corrected chi connectivity index (χ3v) is 5.59. The van der Waals surface area contributed by atoms with Crippen molar-refractivity contribution in [2.45, 2.75) is 34.0 Å². The lowest BCUT2D eigenvalue weighted by atomic mass is 9.89. The van der Waals surface area contributed by atoms with Crippen LogP contribution in [0.25, 0.3) is 33.4 Å². The second-order valence-corrected chi connectivity index (χ2v) is 7.74. The molecule has 1 heterocycles. The molecule has 0 fully saturated rings. The minimum atomic E-state index is -1.57. The summed E-state index contributed by atoms with van der Waals surface area (Å²) in [4.78, 5) is 4.59. The van der Waals surface area contributed by atoms with Gasteiger partial charge >= 0.3 is 0 Å². The Balaban J connectivity index is 2.19. The number of nitrogens with one attached hydrogen (secondary N) is 1. The zero-order valence-electron chi connectivity index (χ0n) is 18.4. The molecule has 2 aromatic rings. The van der Waals surface area contributed by atoms with Crippen LogP contribution in [0.5, 0.6) is 0 Å². The normalized spacial score (nSPS) is 12.3. The fourth-order valence-electron chi connectivity index (χ4n) is 4.15. The molecular weight excluding hydrogens is 388 g/mol. The molecular formula is C26H28N2O3. The first kappa shape index (κ1) is 21.1. The van der Waals surface area contributed by atoms with E-state index in [1.165, 1.54) is 0 Å². The Bertz CT molecular complexity index is 1290. The summed E-state index contributed by atoms with van der Waals surface area (Å²) in [5.74, 6) is 0.717. The average Bonchev–Trinajstić information content (AvgIpc) is 2.74. The minimum Gasteiger partial charge on any atom is -0.456 e. The molecule has 0 aromatic heterocycles. The zero-order valence-corrected chi connectivity index (χ0v) is 18.4. The van der Waals surface area contributed by atoms with Crippen molar-refractivity contribution in [3.8, 4) is 22.5 Å². The van der Waals surface area contributed by atoms with Crippen molar-refractivity contribution < 1.29 is 14.6 Å². The molecule has 0 bridgehead atoms. The number of aryl methyl sites for hydroxylation is 2. The van der Waals surface area contributed by atoms with Gasteiger partial charge in [-0.05, 0) is 56.5 Å². The summed E-state index contributed by atoms with van der Waals surface area (Å²) < 4.78 is 6.37. The second kappa shape index (κ2) is 8.53. The van der Waals surface area contributed by atoms with E-state index in [2.05, 4.69) is 36.3 Å². The lowest BCUT2D eigenvalue weighted by Crippen LogP contribution is -2.09. The molecule has 160 valence electrons. The molecule has 0 saturated carbocycles. The van der Waals surface area contributed by atoms with E-state index in [1.807, 2.05) is 44.2 Å². The first-order valence-electron chi connectivity index (χ1n) is 10.7. The number of aliphatic hydroxyl groups excluding tert-OH is 1. The number of fused-ring (bicyclic) bond motifs is 2. The van der Waals surface area contributed by atoms with Gasteiger partial charge in [-0.2, -0.15) is 0 Å². The lowest BCUT2D eigenvalue weighted by molar-refractivity contribution is -0.0420. The van der Waals surface area contributed by atoms with Gasteiger partial charge in [0.1, 0.15) is 11.3 Å². The third kappa shape index (κ3) is 3.82. The largest absolute Gasteiger partial charge is 0.456 e. The number of anilines is 1. The van der Waals surface area contributed by atoms with Crippen LogP contribution in [0.3, 0.4) is 0 Å². The van der Waals surface area contributed by atoms with Crippen LogP contribution < -0.4 is 10.7 Å². The summed E-state index contributed by atoms with van der Waals surface area (Å²) in [5, 5.41) is 25.3. The highest BCUT2D eigenvalue weighted by molar-refractivity contribution is 6.03. The van der Waals surface area contributed by atoms with E-state index < -0.39 is 6.29 Å². The summed E-state index contributed by atoms with van der Waals surface area (Å²) in [6.07, 6.45) is -1.57. The van der Waals surface area contributed by atoms with Crippen LogP contribution >= 0.6 is 0 Å². The fourth-order valence-corrected chi connectivity index (χ4v) is 4.15. The monoisotopic (exact) mass is 416 g/mol. The van der Waals surface area contributed by atoms with Gasteiger partial charge in [0.05, 0.1) is 5.36 Å². The number of benzene rings is 3. The molecule has 0 saturated heterocycles. The van der Waals surface area contributed by atoms with E-state index >= 15 is 0 Å². The van der Waals surface area contributed by atoms with Gasteiger partial charge in [-0.25, -0.2) is 0 Å². The molecule has 2 aromatic carbocycles. The summed E-state index contributed by atoms with van der Waals surface area (Å²) >= 11 is 0. The third-order valence-electron chi connectivity index (χ3n) is 5.59. The molecule has 1 aliphatic carbocycles. The Morgan fingerprint density at radius 3 is 2.45 bits per heavy atom. The predicted molar refractivity (Wildman–Crippen MR) is 125 cm³/mol. The maximum absolute atomic E-state index is 10.1. The van der Waals surface area contributed by atoms with E-state index in [9.17, 15) is 10.2 Å². The molecule has 0 unspecified atom stereocenters. The highest BCUT2D eigenvalue weighted by Crippen LogP contribution is 2.43. The van der Waals surface area contributed by atoms with Crippen molar-refractivity contribution in [3.63, 3.8) is 0 Å². The number of aliphatic hydroxyl groups is 2. The number of hydrogen-bond acceptors (Lipinski definition) is 5. The molecule has 4 rings (SSSR count). The predicted octanol–water partition coefficient (Wildman–Crippen LogP) is 5.16. The molecule has 2 aliphatic rings. The van der Waals surface area contributed by atoms with Gasteiger partial charge in [0.15, 0.2) is 6.29 Å². The standard InChI is InChI=1S/C26H28N2O3/c1-5-27-21-13-23-19(11-15(21)3)25(17-9-7-8-10-18(17)26(29)30)20-12-16(4)22(28-6-2)14-24(20)31-23/h7-14,26-27,29-30H,5-6H2,1-4H3/b28-22+. The molecule has 3 N–H and O–H groups in total. The summed E-state index contributed by atoms with van der Waals surface area (Å²) in [6, 6.07) is 15.6. The molecule has 0 spiro atoms. The highest BCUT2D eigenvalue weighted by Gasteiger charge is 2.22. The van der Waals surface area contributed by atoms with Crippen LogP contribution in [-0.4, -0.2) is 23.3 Å². The van der Waals surface area contributed by atoms with Crippen LogP contribution in [0.2, 0.25) is 0 Å². The maximum Gasteiger partial charge on any atom is 0.179 e. The summed E-state index contributed by atoms with van der Waals surface area (Å²) in [7, 11) is 0. The Hall–Kier alpha value is -3.15. The molecule has 0 radical (unpaired) electrons. The molecule has 31 heavy (non-hydrogen) atoms.